The molecule has 0 aromatic heterocycles. The molecule has 1 fully saturated rings. The Bertz CT molecular complexity index is 240. The summed E-state index contributed by atoms with van der Waals surface area (Å²) in [4.78, 5) is 10.7. The molecule has 58 valence electrons. The highest BCUT2D eigenvalue weighted by atomic mass is 16.6. The van der Waals surface area contributed by atoms with Crippen LogP contribution in [0.5, 0.6) is 0 Å². The second kappa shape index (κ2) is 2.51. The number of hydrogen-bond acceptors (Lipinski definition) is 3. The van der Waals surface area contributed by atoms with Gasteiger partial charge < -0.3 is 9.47 Å². The number of carbonyl (C=O) groups excluding carboxylic acids is 1. The first-order valence-electron chi connectivity index (χ1n) is 3.55. The minimum atomic E-state index is -0.303. The van der Waals surface area contributed by atoms with Crippen LogP contribution in [0, 0.1) is 0 Å². The standard InChI is InChI=1S/C8H8O3/c9-8-5-10-6-3-1-2-4-7(6)11-8/h1-2,4,6H,3,5H2. The molecule has 0 aromatic rings. The Morgan fingerprint density at radius 1 is 1.55 bits per heavy atom. The number of rotatable bonds is 0. The number of hydrogen-bond donors (Lipinski definition) is 0. The van der Waals surface area contributed by atoms with E-state index in [1.54, 1.807) is 6.08 Å². The molecule has 0 radical (unpaired) electrons. The fourth-order valence-corrected chi connectivity index (χ4v) is 1.17. The molecule has 1 atom stereocenters. The van der Waals surface area contributed by atoms with Gasteiger partial charge in [0, 0.05) is 0 Å². The summed E-state index contributed by atoms with van der Waals surface area (Å²) in [6.45, 7) is 0.0792. The molecule has 1 unspecified atom stereocenters. The predicted molar refractivity (Wildman–Crippen MR) is 37.7 cm³/mol. The van der Waals surface area contributed by atoms with E-state index in [0.717, 1.165) is 6.42 Å². The van der Waals surface area contributed by atoms with Crippen LogP contribution in [0.15, 0.2) is 24.0 Å². The lowest BCUT2D eigenvalue weighted by molar-refractivity contribution is -0.157. The average molecular weight is 152 g/mol. The van der Waals surface area contributed by atoms with E-state index in [-0.39, 0.29) is 18.7 Å². The molecule has 11 heavy (non-hydrogen) atoms. The predicted octanol–water partition coefficient (Wildman–Crippen LogP) is 0.772. The summed E-state index contributed by atoms with van der Waals surface area (Å²) in [6, 6.07) is 0. The molecule has 2 aliphatic rings. The minimum absolute atomic E-state index is 0.0299. The van der Waals surface area contributed by atoms with E-state index in [0.29, 0.717) is 5.76 Å². The van der Waals surface area contributed by atoms with Gasteiger partial charge in [0.05, 0.1) is 0 Å². The largest absolute Gasteiger partial charge is 0.427 e. The van der Waals surface area contributed by atoms with Gasteiger partial charge in [-0.2, -0.15) is 0 Å². The fourth-order valence-electron chi connectivity index (χ4n) is 1.17. The topological polar surface area (TPSA) is 35.5 Å². The Morgan fingerprint density at radius 2 is 2.45 bits per heavy atom. The smallest absolute Gasteiger partial charge is 0.337 e. The van der Waals surface area contributed by atoms with E-state index >= 15 is 0 Å². The number of allylic oxidation sites excluding steroid dienone is 2. The van der Waals surface area contributed by atoms with Crippen LogP contribution in [0.1, 0.15) is 6.42 Å². The second-order valence-electron chi connectivity index (χ2n) is 2.51. The molecular formula is C8H8O3. The summed E-state index contributed by atoms with van der Waals surface area (Å²) in [5.74, 6) is 0.339. The fraction of sp³-hybridized carbons (Fsp3) is 0.375. The lowest BCUT2D eigenvalue weighted by Gasteiger charge is -2.25. The van der Waals surface area contributed by atoms with Gasteiger partial charge in [-0.25, -0.2) is 4.79 Å². The van der Waals surface area contributed by atoms with E-state index < -0.39 is 0 Å². The normalized spacial score (nSPS) is 28.9. The lowest BCUT2D eigenvalue weighted by Crippen LogP contribution is -2.31. The molecule has 3 nitrogen and oxygen atoms in total. The zero-order valence-electron chi connectivity index (χ0n) is 5.95. The maximum absolute atomic E-state index is 10.7. The molecule has 1 heterocycles. The Hall–Kier alpha value is -1.09. The van der Waals surface area contributed by atoms with Crippen LogP contribution in [-0.2, 0) is 14.3 Å². The quantitative estimate of drug-likeness (QED) is 0.481. The zero-order chi connectivity index (χ0) is 7.68. The van der Waals surface area contributed by atoms with Crippen molar-refractivity contribution in [1.29, 1.82) is 0 Å². The molecule has 3 heteroatoms. The van der Waals surface area contributed by atoms with Gasteiger partial charge in [0.15, 0.2) is 0 Å². The van der Waals surface area contributed by atoms with E-state index in [9.17, 15) is 4.79 Å². The summed E-state index contributed by atoms with van der Waals surface area (Å²) < 4.78 is 10.1. The Labute approximate surface area is 64.3 Å². The van der Waals surface area contributed by atoms with Crippen LogP contribution in [-0.4, -0.2) is 18.7 Å². The summed E-state index contributed by atoms with van der Waals surface area (Å²) >= 11 is 0. The summed E-state index contributed by atoms with van der Waals surface area (Å²) in [6.07, 6.45) is 6.41. The van der Waals surface area contributed by atoms with Crippen molar-refractivity contribution in [3.05, 3.63) is 24.0 Å². The molecule has 1 aliphatic carbocycles. The van der Waals surface area contributed by atoms with Gasteiger partial charge >= 0.3 is 5.97 Å². The van der Waals surface area contributed by atoms with Gasteiger partial charge in [0.1, 0.15) is 18.5 Å². The summed E-state index contributed by atoms with van der Waals surface area (Å²) in [7, 11) is 0. The van der Waals surface area contributed by atoms with Crippen molar-refractivity contribution in [3.8, 4) is 0 Å². The molecule has 0 spiro atoms. The Balaban J connectivity index is 2.18. The minimum Gasteiger partial charge on any atom is -0.427 e. The maximum Gasteiger partial charge on any atom is 0.337 e. The molecule has 0 bridgehead atoms. The Kier molecular flexibility index (Phi) is 1.51. The van der Waals surface area contributed by atoms with Crippen molar-refractivity contribution in [2.75, 3.05) is 6.61 Å². The van der Waals surface area contributed by atoms with E-state index in [1.165, 1.54) is 0 Å². The molecular weight excluding hydrogens is 144 g/mol. The first-order chi connectivity index (χ1) is 5.36. The monoisotopic (exact) mass is 152 g/mol. The number of esters is 1. The van der Waals surface area contributed by atoms with Crippen molar-refractivity contribution in [2.24, 2.45) is 0 Å². The van der Waals surface area contributed by atoms with Crippen LogP contribution in [0.25, 0.3) is 0 Å². The molecule has 0 N–H and O–H groups in total. The third kappa shape index (κ3) is 1.19. The van der Waals surface area contributed by atoms with Gasteiger partial charge in [-0.05, 0) is 12.5 Å². The average Bonchev–Trinajstić information content (AvgIpc) is 2.04. The van der Waals surface area contributed by atoms with E-state index in [1.807, 2.05) is 12.2 Å². The van der Waals surface area contributed by atoms with Crippen molar-refractivity contribution < 1.29 is 14.3 Å². The third-order valence-electron chi connectivity index (χ3n) is 1.70. The zero-order valence-corrected chi connectivity index (χ0v) is 5.95. The third-order valence-corrected chi connectivity index (χ3v) is 1.70. The van der Waals surface area contributed by atoms with Gasteiger partial charge in [0.25, 0.3) is 0 Å². The number of ether oxygens (including phenoxy) is 2. The molecule has 0 saturated carbocycles. The first-order valence-corrected chi connectivity index (χ1v) is 3.55. The maximum atomic E-state index is 10.7. The van der Waals surface area contributed by atoms with Crippen LogP contribution in [0.4, 0.5) is 0 Å². The SMILES string of the molecule is O=C1COC2CC=CC=C2O1. The Morgan fingerprint density at radius 3 is 3.36 bits per heavy atom. The van der Waals surface area contributed by atoms with Gasteiger partial charge in [-0.15, -0.1) is 0 Å². The summed E-state index contributed by atoms with van der Waals surface area (Å²) in [5.41, 5.74) is 0. The number of fused-ring (bicyclic) bond motifs is 1. The molecule has 2 rings (SSSR count). The van der Waals surface area contributed by atoms with E-state index in [4.69, 9.17) is 9.47 Å². The van der Waals surface area contributed by atoms with Crippen LogP contribution < -0.4 is 0 Å². The number of carbonyl (C=O) groups is 1. The molecule has 0 amide bonds. The van der Waals surface area contributed by atoms with Crippen molar-refractivity contribution in [1.82, 2.24) is 0 Å². The second-order valence-corrected chi connectivity index (χ2v) is 2.51. The van der Waals surface area contributed by atoms with Gasteiger partial charge in [0.2, 0.25) is 0 Å². The molecule has 0 aromatic carbocycles. The van der Waals surface area contributed by atoms with Crippen LogP contribution in [0.2, 0.25) is 0 Å². The highest BCUT2D eigenvalue weighted by Crippen LogP contribution is 2.21. The molecule has 1 aliphatic heterocycles. The van der Waals surface area contributed by atoms with E-state index in [2.05, 4.69) is 0 Å². The lowest BCUT2D eigenvalue weighted by atomic mass is 10.1. The van der Waals surface area contributed by atoms with Gasteiger partial charge in [-0.1, -0.05) is 12.2 Å². The molecule has 1 saturated heterocycles. The van der Waals surface area contributed by atoms with Gasteiger partial charge in [-0.3, -0.25) is 0 Å². The van der Waals surface area contributed by atoms with Crippen molar-refractivity contribution in [2.45, 2.75) is 12.5 Å². The highest BCUT2D eigenvalue weighted by molar-refractivity contribution is 5.73. The van der Waals surface area contributed by atoms with Crippen molar-refractivity contribution >= 4 is 5.97 Å². The van der Waals surface area contributed by atoms with Crippen molar-refractivity contribution in [3.63, 3.8) is 0 Å². The van der Waals surface area contributed by atoms with Crippen LogP contribution in [0.3, 0.4) is 0 Å². The summed E-state index contributed by atoms with van der Waals surface area (Å²) in [5, 5.41) is 0. The van der Waals surface area contributed by atoms with Crippen LogP contribution >= 0.6 is 0 Å². The first kappa shape index (κ1) is 6.61. The highest BCUT2D eigenvalue weighted by Gasteiger charge is 2.25.